The van der Waals surface area contributed by atoms with Crippen molar-refractivity contribution in [3.8, 4) is 5.69 Å². The fraction of sp³-hybridized carbons (Fsp3) is 0. The molecule has 114 valence electrons. The highest BCUT2D eigenvalue weighted by atomic mass is 79.9. The molecule has 0 saturated carbocycles. The Kier molecular flexibility index (Phi) is 3.00. The molecule has 0 fully saturated rings. The topological polar surface area (TPSA) is 4.93 Å². The predicted octanol–water partition coefficient (Wildman–Crippen LogP) is 6.70. The summed E-state index contributed by atoms with van der Waals surface area (Å²) in [5.74, 6) is 0. The first-order valence-corrected chi connectivity index (χ1v) is 8.78. The molecule has 0 spiro atoms. The predicted molar refractivity (Wildman–Crippen MR) is 106 cm³/mol. The van der Waals surface area contributed by atoms with Crippen LogP contribution in [0.3, 0.4) is 0 Å². The zero-order valence-electron chi connectivity index (χ0n) is 12.9. The average Bonchev–Trinajstić information content (AvgIpc) is 2.93. The highest BCUT2D eigenvalue weighted by Crippen LogP contribution is 2.35. The molecule has 24 heavy (non-hydrogen) atoms. The molecular weight excluding hydrogens is 358 g/mol. The Morgan fingerprint density at radius 1 is 0.583 bits per heavy atom. The van der Waals surface area contributed by atoms with Crippen LogP contribution < -0.4 is 0 Å². The summed E-state index contributed by atoms with van der Waals surface area (Å²) >= 11 is 3.60. The molecule has 0 radical (unpaired) electrons. The molecule has 4 aromatic carbocycles. The number of hydrogen-bond acceptors (Lipinski definition) is 0. The van der Waals surface area contributed by atoms with Crippen LogP contribution in [0.5, 0.6) is 0 Å². The van der Waals surface area contributed by atoms with Crippen molar-refractivity contribution in [1.29, 1.82) is 0 Å². The first-order valence-electron chi connectivity index (χ1n) is 7.99. The molecule has 0 bridgehead atoms. The molecule has 0 aliphatic carbocycles. The van der Waals surface area contributed by atoms with Gasteiger partial charge in [-0.25, -0.2) is 0 Å². The van der Waals surface area contributed by atoms with Crippen molar-refractivity contribution in [2.24, 2.45) is 0 Å². The van der Waals surface area contributed by atoms with E-state index in [0.717, 1.165) is 4.47 Å². The van der Waals surface area contributed by atoms with Gasteiger partial charge in [0.1, 0.15) is 0 Å². The van der Waals surface area contributed by atoms with Crippen molar-refractivity contribution >= 4 is 48.5 Å². The molecule has 0 N–H and O–H groups in total. The summed E-state index contributed by atoms with van der Waals surface area (Å²) in [6, 6.07) is 30.3. The molecule has 0 amide bonds. The van der Waals surface area contributed by atoms with Crippen LogP contribution in [0.4, 0.5) is 0 Å². The van der Waals surface area contributed by atoms with Gasteiger partial charge in [0.2, 0.25) is 0 Å². The number of para-hydroxylation sites is 1. The van der Waals surface area contributed by atoms with Gasteiger partial charge in [-0.05, 0) is 47.2 Å². The maximum Gasteiger partial charge on any atom is 0.0547 e. The van der Waals surface area contributed by atoms with Gasteiger partial charge in [-0.2, -0.15) is 0 Å². The van der Waals surface area contributed by atoms with E-state index < -0.39 is 0 Å². The van der Waals surface area contributed by atoms with E-state index in [1.807, 2.05) is 0 Å². The van der Waals surface area contributed by atoms with E-state index in [4.69, 9.17) is 0 Å². The van der Waals surface area contributed by atoms with Crippen LogP contribution in [0, 0.1) is 0 Å². The summed E-state index contributed by atoms with van der Waals surface area (Å²) in [7, 11) is 0. The number of aromatic nitrogens is 1. The number of rotatable bonds is 1. The van der Waals surface area contributed by atoms with E-state index in [9.17, 15) is 0 Å². The van der Waals surface area contributed by atoms with Crippen LogP contribution in [0.1, 0.15) is 0 Å². The van der Waals surface area contributed by atoms with E-state index in [1.165, 1.54) is 38.3 Å². The second-order valence-corrected chi connectivity index (χ2v) is 6.96. The van der Waals surface area contributed by atoms with Crippen LogP contribution >= 0.6 is 15.9 Å². The summed E-state index contributed by atoms with van der Waals surface area (Å²) in [5, 5.41) is 5.13. The lowest BCUT2D eigenvalue weighted by Crippen LogP contribution is -1.93. The Morgan fingerprint density at radius 3 is 2.17 bits per heavy atom. The van der Waals surface area contributed by atoms with Crippen molar-refractivity contribution in [3.05, 3.63) is 89.4 Å². The second-order valence-electron chi connectivity index (χ2n) is 6.05. The van der Waals surface area contributed by atoms with Gasteiger partial charge in [0.15, 0.2) is 0 Å². The van der Waals surface area contributed by atoms with Crippen molar-refractivity contribution in [3.63, 3.8) is 0 Å². The smallest absolute Gasteiger partial charge is 0.0547 e. The van der Waals surface area contributed by atoms with Gasteiger partial charge >= 0.3 is 0 Å². The molecule has 5 aromatic rings. The third-order valence-corrected chi connectivity index (χ3v) is 5.10. The monoisotopic (exact) mass is 371 g/mol. The molecule has 0 aliphatic heterocycles. The molecule has 2 heteroatoms. The molecule has 0 unspecified atom stereocenters. The summed E-state index contributed by atoms with van der Waals surface area (Å²) in [5.41, 5.74) is 3.65. The Morgan fingerprint density at radius 2 is 1.33 bits per heavy atom. The minimum absolute atomic E-state index is 1.09. The summed E-state index contributed by atoms with van der Waals surface area (Å²) < 4.78 is 3.44. The van der Waals surface area contributed by atoms with Gasteiger partial charge in [-0.15, -0.1) is 0 Å². The number of fused-ring (bicyclic) bond motifs is 4. The Hall–Kier alpha value is -2.58. The van der Waals surface area contributed by atoms with E-state index in [0.29, 0.717) is 0 Å². The van der Waals surface area contributed by atoms with Crippen LogP contribution in [0.2, 0.25) is 0 Å². The number of halogens is 1. The minimum Gasteiger partial charge on any atom is -0.309 e. The van der Waals surface area contributed by atoms with Gasteiger partial charge in [0.05, 0.1) is 11.0 Å². The van der Waals surface area contributed by atoms with Gasteiger partial charge < -0.3 is 4.57 Å². The fourth-order valence-corrected chi connectivity index (χ4v) is 3.94. The first kappa shape index (κ1) is 13.8. The van der Waals surface area contributed by atoms with Crippen molar-refractivity contribution in [2.45, 2.75) is 0 Å². The molecule has 0 saturated heterocycles. The standard InChI is InChI=1S/C22H14BrN/c23-17-8-5-9-18(14-17)24-21-11-4-3-10-19(21)20-12-15-6-1-2-7-16(15)13-22(20)24/h1-14H. The summed E-state index contributed by atoms with van der Waals surface area (Å²) in [6.07, 6.45) is 0. The highest BCUT2D eigenvalue weighted by molar-refractivity contribution is 9.10. The normalized spacial score (nSPS) is 11.5. The molecule has 0 aliphatic rings. The molecule has 1 nitrogen and oxygen atoms in total. The van der Waals surface area contributed by atoms with Crippen molar-refractivity contribution < 1.29 is 0 Å². The molecule has 5 rings (SSSR count). The van der Waals surface area contributed by atoms with E-state index in [2.05, 4.69) is 105 Å². The Balaban J connectivity index is 2.01. The van der Waals surface area contributed by atoms with Gasteiger partial charge in [0.25, 0.3) is 0 Å². The van der Waals surface area contributed by atoms with Gasteiger partial charge in [-0.3, -0.25) is 0 Å². The van der Waals surface area contributed by atoms with Crippen molar-refractivity contribution in [2.75, 3.05) is 0 Å². The largest absolute Gasteiger partial charge is 0.309 e. The van der Waals surface area contributed by atoms with E-state index >= 15 is 0 Å². The SMILES string of the molecule is Brc1cccc(-n2c3ccccc3c3cc4ccccc4cc32)c1. The van der Waals surface area contributed by atoms with Crippen LogP contribution in [0.25, 0.3) is 38.3 Å². The van der Waals surface area contributed by atoms with Gasteiger partial charge in [0, 0.05) is 20.9 Å². The van der Waals surface area contributed by atoms with Crippen LogP contribution in [-0.4, -0.2) is 4.57 Å². The lowest BCUT2D eigenvalue weighted by atomic mass is 10.1. The Bertz CT molecular complexity index is 1220. The van der Waals surface area contributed by atoms with Crippen LogP contribution in [-0.2, 0) is 0 Å². The maximum atomic E-state index is 3.60. The third kappa shape index (κ3) is 2.00. The second kappa shape index (κ2) is 5.22. The molecule has 1 heterocycles. The first-order chi connectivity index (χ1) is 11.8. The highest BCUT2D eigenvalue weighted by Gasteiger charge is 2.12. The maximum absolute atomic E-state index is 3.60. The number of hydrogen-bond donors (Lipinski definition) is 0. The number of benzene rings is 4. The lowest BCUT2D eigenvalue weighted by molar-refractivity contribution is 1.18. The van der Waals surface area contributed by atoms with Gasteiger partial charge in [-0.1, -0.05) is 64.5 Å². The zero-order valence-corrected chi connectivity index (χ0v) is 14.5. The average molecular weight is 372 g/mol. The third-order valence-electron chi connectivity index (χ3n) is 4.61. The quantitative estimate of drug-likeness (QED) is 0.309. The molecule has 0 atom stereocenters. The molecule has 1 aromatic heterocycles. The van der Waals surface area contributed by atoms with E-state index in [1.54, 1.807) is 0 Å². The van der Waals surface area contributed by atoms with Crippen molar-refractivity contribution in [1.82, 2.24) is 4.57 Å². The summed E-state index contributed by atoms with van der Waals surface area (Å²) in [4.78, 5) is 0. The number of nitrogens with zero attached hydrogens (tertiary/aromatic N) is 1. The Labute approximate surface area is 148 Å². The lowest BCUT2D eigenvalue weighted by Gasteiger charge is -2.08. The van der Waals surface area contributed by atoms with E-state index in [-0.39, 0.29) is 0 Å². The summed E-state index contributed by atoms with van der Waals surface area (Å²) in [6.45, 7) is 0. The van der Waals surface area contributed by atoms with Crippen LogP contribution in [0.15, 0.2) is 89.4 Å². The fourth-order valence-electron chi connectivity index (χ4n) is 3.55. The zero-order chi connectivity index (χ0) is 16.1. The molecular formula is C22H14BrN. The minimum atomic E-state index is 1.09.